The van der Waals surface area contributed by atoms with E-state index < -0.39 is 29.4 Å². The van der Waals surface area contributed by atoms with Gasteiger partial charge in [-0.1, -0.05) is 112 Å². The molecule has 4 rings (SSSR count). The second-order valence-electron chi connectivity index (χ2n) is 8.24. The van der Waals surface area contributed by atoms with Crippen LogP contribution < -0.4 is 0 Å². The third-order valence-corrected chi connectivity index (χ3v) is 6.69. The van der Waals surface area contributed by atoms with Gasteiger partial charge in [0.15, 0.2) is 6.23 Å². The van der Waals surface area contributed by atoms with Crippen LogP contribution >= 0.6 is 15.9 Å². The average Bonchev–Trinajstić information content (AvgIpc) is 2.90. The van der Waals surface area contributed by atoms with Crippen LogP contribution in [0.3, 0.4) is 0 Å². The van der Waals surface area contributed by atoms with Gasteiger partial charge in [0.2, 0.25) is 0 Å². The second-order valence-corrected chi connectivity index (χ2v) is 9.29. The fraction of sp³-hybridized carbons (Fsp3) is 0.333. The third-order valence-electron chi connectivity index (χ3n) is 5.72. The van der Waals surface area contributed by atoms with Gasteiger partial charge < -0.3 is 18.9 Å². The Kier molecular flexibility index (Phi) is 9.72. The van der Waals surface area contributed by atoms with Crippen molar-refractivity contribution in [2.75, 3.05) is 6.61 Å². The Hall–Kier alpha value is -2.71. The predicted molar refractivity (Wildman–Crippen MR) is 137 cm³/mol. The minimum atomic E-state index is -0.761. The van der Waals surface area contributed by atoms with Crippen molar-refractivity contribution in [2.45, 2.75) is 49.2 Å². The molecule has 0 radical (unpaired) electrons. The smallest absolute Gasteiger partial charge is 0.152 e. The van der Waals surface area contributed by atoms with E-state index in [0.29, 0.717) is 19.8 Å². The van der Waals surface area contributed by atoms with Gasteiger partial charge in [-0.3, -0.25) is 0 Å². The summed E-state index contributed by atoms with van der Waals surface area (Å²) in [5.74, 6) is 0. The highest BCUT2D eigenvalue weighted by atomic mass is 79.9. The molecule has 1 saturated heterocycles. The molecule has 0 spiro atoms. The summed E-state index contributed by atoms with van der Waals surface area (Å²) in [5, 5.41) is 3.86. The van der Waals surface area contributed by atoms with Crippen molar-refractivity contribution >= 4 is 15.9 Å². The van der Waals surface area contributed by atoms with Gasteiger partial charge in [-0.05, 0) is 22.2 Å². The molecule has 0 bridgehead atoms. The molecule has 5 atom stereocenters. The quantitative estimate of drug-likeness (QED) is 0.126. The number of hydrogen-bond donors (Lipinski definition) is 0. The maximum absolute atomic E-state index is 9.11. The third kappa shape index (κ3) is 7.39. The summed E-state index contributed by atoms with van der Waals surface area (Å²) < 4.78 is 24.9. The van der Waals surface area contributed by atoms with E-state index >= 15 is 0 Å². The average molecular weight is 538 g/mol. The van der Waals surface area contributed by atoms with Crippen molar-refractivity contribution < 1.29 is 18.9 Å². The Morgan fingerprint density at radius 1 is 0.743 bits per heavy atom. The molecule has 0 saturated carbocycles. The van der Waals surface area contributed by atoms with E-state index in [-0.39, 0.29) is 6.61 Å². The number of alkyl halides is 1. The van der Waals surface area contributed by atoms with E-state index in [0.717, 1.165) is 16.7 Å². The molecule has 1 aliphatic heterocycles. The number of rotatable bonds is 11. The maximum atomic E-state index is 9.11. The summed E-state index contributed by atoms with van der Waals surface area (Å²) >= 11 is 3.66. The molecule has 0 unspecified atom stereocenters. The highest BCUT2D eigenvalue weighted by molar-refractivity contribution is 9.09. The van der Waals surface area contributed by atoms with E-state index in [4.69, 9.17) is 24.5 Å². The van der Waals surface area contributed by atoms with Crippen molar-refractivity contribution in [3.8, 4) is 0 Å². The zero-order valence-corrected chi connectivity index (χ0v) is 20.8. The van der Waals surface area contributed by atoms with Crippen LogP contribution in [0.5, 0.6) is 0 Å². The minimum Gasteiger partial charge on any atom is -0.374 e. The fourth-order valence-corrected chi connectivity index (χ4v) is 4.64. The number of halogens is 1. The number of azide groups is 1. The van der Waals surface area contributed by atoms with Crippen molar-refractivity contribution in [3.05, 3.63) is 118 Å². The summed E-state index contributed by atoms with van der Waals surface area (Å²) in [6.07, 6.45) is -2.15. The standard InChI is InChI=1S/C27H28BrN3O4/c28-24-26(34-18-22-14-8-3-9-15-22)25(33-17-21-12-6-2-7-13-21)23(35-27(24)30-31-29)19-32-16-20-10-4-1-5-11-20/h1-15,23-27H,16-19H2/t23-,24-,25+,26-,27-/m1/s1. The van der Waals surface area contributed by atoms with E-state index in [1.807, 2.05) is 91.0 Å². The molecule has 1 fully saturated rings. The van der Waals surface area contributed by atoms with Gasteiger partial charge in [0, 0.05) is 4.91 Å². The summed E-state index contributed by atoms with van der Waals surface area (Å²) in [7, 11) is 0. The SMILES string of the molecule is [N-]=[N+]=N[C@@H]1O[C@H](COCc2ccccc2)[C@H](OCc2ccccc2)[C@H](OCc2ccccc2)[C@H]1Br. The molecule has 0 aromatic heterocycles. The largest absolute Gasteiger partial charge is 0.374 e. The topological polar surface area (TPSA) is 85.7 Å². The number of ether oxygens (including phenoxy) is 4. The Morgan fingerprint density at radius 2 is 1.23 bits per heavy atom. The molecule has 0 amide bonds. The van der Waals surface area contributed by atoms with Gasteiger partial charge in [0.05, 0.1) is 31.3 Å². The second kappa shape index (κ2) is 13.4. The minimum absolute atomic E-state index is 0.261. The molecule has 0 N–H and O–H groups in total. The van der Waals surface area contributed by atoms with Gasteiger partial charge in [0.25, 0.3) is 0 Å². The normalized spacial score (nSPS) is 24.0. The molecule has 1 aliphatic rings. The lowest BCUT2D eigenvalue weighted by Crippen LogP contribution is -2.58. The Labute approximate surface area is 213 Å². The molecular formula is C27H28BrN3O4. The summed E-state index contributed by atoms with van der Waals surface area (Å²) in [6.45, 7) is 1.48. The molecule has 7 nitrogen and oxygen atoms in total. The van der Waals surface area contributed by atoms with Crippen LogP contribution in [-0.2, 0) is 38.8 Å². The number of nitrogens with zero attached hydrogens (tertiary/aromatic N) is 3. The highest BCUT2D eigenvalue weighted by Crippen LogP contribution is 2.33. The fourth-order valence-electron chi connectivity index (χ4n) is 3.95. The van der Waals surface area contributed by atoms with Gasteiger partial charge in [0.1, 0.15) is 18.3 Å². The predicted octanol–water partition coefficient (Wildman–Crippen LogP) is 6.17. The van der Waals surface area contributed by atoms with Crippen LogP contribution in [0.4, 0.5) is 0 Å². The van der Waals surface area contributed by atoms with Crippen molar-refractivity contribution in [1.82, 2.24) is 0 Å². The van der Waals surface area contributed by atoms with E-state index in [1.54, 1.807) is 0 Å². The molecule has 0 aliphatic carbocycles. The Bertz CT molecular complexity index is 1070. The maximum Gasteiger partial charge on any atom is 0.152 e. The van der Waals surface area contributed by atoms with Crippen LogP contribution in [0, 0.1) is 0 Å². The molecule has 182 valence electrons. The van der Waals surface area contributed by atoms with Crippen LogP contribution in [0.25, 0.3) is 10.4 Å². The van der Waals surface area contributed by atoms with Gasteiger partial charge in [-0.25, -0.2) is 0 Å². The first-order valence-electron chi connectivity index (χ1n) is 11.5. The lowest BCUT2D eigenvalue weighted by atomic mass is 10.00. The molecule has 1 heterocycles. The van der Waals surface area contributed by atoms with Crippen molar-refractivity contribution in [1.29, 1.82) is 0 Å². The lowest BCUT2D eigenvalue weighted by molar-refractivity contribution is -0.214. The molecular weight excluding hydrogens is 510 g/mol. The monoisotopic (exact) mass is 537 g/mol. The summed E-state index contributed by atoms with van der Waals surface area (Å²) in [6, 6.07) is 29.8. The zero-order valence-electron chi connectivity index (χ0n) is 19.2. The summed E-state index contributed by atoms with van der Waals surface area (Å²) in [5.41, 5.74) is 12.3. The van der Waals surface area contributed by atoms with Crippen molar-refractivity contribution in [3.63, 3.8) is 0 Å². The Balaban J connectivity index is 1.52. The van der Waals surface area contributed by atoms with E-state index in [1.165, 1.54) is 0 Å². The van der Waals surface area contributed by atoms with E-state index in [9.17, 15) is 0 Å². The number of hydrogen-bond acceptors (Lipinski definition) is 5. The van der Waals surface area contributed by atoms with Gasteiger partial charge in [-0.15, -0.1) is 0 Å². The van der Waals surface area contributed by atoms with Crippen LogP contribution in [0.15, 0.2) is 96.1 Å². The molecule has 3 aromatic carbocycles. The van der Waals surface area contributed by atoms with Crippen molar-refractivity contribution in [2.24, 2.45) is 5.11 Å². The van der Waals surface area contributed by atoms with Crippen LogP contribution in [0.1, 0.15) is 16.7 Å². The number of benzene rings is 3. The first kappa shape index (κ1) is 25.4. The lowest BCUT2D eigenvalue weighted by Gasteiger charge is -2.43. The first-order valence-corrected chi connectivity index (χ1v) is 12.4. The van der Waals surface area contributed by atoms with Crippen LogP contribution in [0.2, 0.25) is 0 Å². The molecule has 8 heteroatoms. The van der Waals surface area contributed by atoms with Gasteiger partial charge in [-0.2, -0.15) is 0 Å². The first-order chi connectivity index (χ1) is 17.2. The zero-order chi connectivity index (χ0) is 24.3. The van der Waals surface area contributed by atoms with E-state index in [2.05, 4.69) is 26.0 Å². The van der Waals surface area contributed by atoms with Crippen LogP contribution in [-0.4, -0.2) is 36.0 Å². The Morgan fingerprint density at radius 3 is 1.74 bits per heavy atom. The summed E-state index contributed by atoms with van der Waals surface area (Å²) in [4.78, 5) is 2.58. The molecule has 3 aromatic rings. The molecule has 35 heavy (non-hydrogen) atoms. The highest BCUT2D eigenvalue weighted by Gasteiger charge is 2.46. The van der Waals surface area contributed by atoms with Gasteiger partial charge >= 0.3 is 0 Å².